The van der Waals surface area contributed by atoms with Gasteiger partial charge in [-0.2, -0.15) is 0 Å². The van der Waals surface area contributed by atoms with Crippen LogP contribution in [0.15, 0.2) is 73.1 Å². The van der Waals surface area contributed by atoms with Crippen molar-refractivity contribution in [2.24, 2.45) is 0 Å². The van der Waals surface area contributed by atoms with Gasteiger partial charge in [-0.25, -0.2) is 0 Å². The summed E-state index contributed by atoms with van der Waals surface area (Å²) in [5.41, 5.74) is 3.12. The van der Waals surface area contributed by atoms with Crippen LogP contribution in [0.5, 0.6) is 11.5 Å². The van der Waals surface area contributed by atoms with E-state index in [0.717, 1.165) is 16.7 Å². The molecule has 136 valence electrons. The number of carbonyl (C=O) groups is 1. The lowest BCUT2D eigenvalue weighted by Gasteiger charge is -2.10. The fourth-order valence-electron chi connectivity index (χ4n) is 2.60. The minimum absolute atomic E-state index is 0.280. The molecule has 0 atom stereocenters. The molecule has 27 heavy (non-hydrogen) atoms. The maximum Gasteiger partial charge on any atom is 0.311 e. The van der Waals surface area contributed by atoms with E-state index in [1.165, 1.54) is 0 Å². The van der Waals surface area contributed by atoms with Gasteiger partial charge >= 0.3 is 5.97 Å². The first-order chi connectivity index (χ1) is 13.2. The molecule has 0 amide bonds. The summed E-state index contributed by atoms with van der Waals surface area (Å²) in [5.74, 6) is 0.675. The molecule has 0 saturated heterocycles. The van der Waals surface area contributed by atoms with Crippen molar-refractivity contribution >= 4 is 18.1 Å². The summed E-state index contributed by atoms with van der Waals surface area (Å²) in [6, 6.07) is 19.2. The van der Waals surface area contributed by atoms with Crippen LogP contribution in [0.1, 0.15) is 23.1 Å². The number of ether oxygens (including phenoxy) is 2. The maximum absolute atomic E-state index is 12.2. The van der Waals surface area contributed by atoms with Gasteiger partial charge < -0.3 is 9.47 Å². The highest BCUT2D eigenvalue weighted by Gasteiger charge is 2.10. The van der Waals surface area contributed by atoms with Crippen molar-refractivity contribution < 1.29 is 14.3 Å². The summed E-state index contributed by atoms with van der Waals surface area (Å²) >= 11 is 0. The zero-order valence-electron chi connectivity index (χ0n) is 15.2. The van der Waals surface area contributed by atoms with Crippen LogP contribution in [-0.4, -0.2) is 18.1 Å². The summed E-state index contributed by atoms with van der Waals surface area (Å²) in [7, 11) is 1.56. The molecule has 1 heterocycles. The van der Waals surface area contributed by atoms with E-state index in [4.69, 9.17) is 9.47 Å². The summed E-state index contributed by atoms with van der Waals surface area (Å²) < 4.78 is 10.9. The minimum Gasteiger partial charge on any atom is -0.493 e. The Hall–Kier alpha value is -3.40. The van der Waals surface area contributed by atoms with Crippen molar-refractivity contribution in [2.75, 3.05) is 7.11 Å². The SMILES string of the molecule is COc1cc(/C=C/c2ccncc2)ccc1OC(=O)CCc1ccccc1. The molecule has 4 heteroatoms. The Morgan fingerprint density at radius 3 is 2.41 bits per heavy atom. The molecule has 3 rings (SSSR count). The fraction of sp³-hybridized carbons (Fsp3) is 0.130. The number of hydrogen-bond acceptors (Lipinski definition) is 4. The van der Waals surface area contributed by atoms with E-state index in [9.17, 15) is 4.79 Å². The molecular formula is C23H21NO3. The molecule has 0 bridgehead atoms. The number of aryl methyl sites for hydroxylation is 1. The summed E-state index contributed by atoms with van der Waals surface area (Å²) in [4.78, 5) is 16.2. The second kappa shape index (κ2) is 9.34. The monoisotopic (exact) mass is 359 g/mol. The number of methoxy groups -OCH3 is 1. The van der Waals surface area contributed by atoms with Crippen molar-refractivity contribution in [3.63, 3.8) is 0 Å². The first kappa shape index (κ1) is 18.4. The lowest BCUT2D eigenvalue weighted by Crippen LogP contribution is -2.09. The van der Waals surface area contributed by atoms with Crippen LogP contribution in [0.3, 0.4) is 0 Å². The minimum atomic E-state index is -0.280. The van der Waals surface area contributed by atoms with Crippen molar-refractivity contribution in [2.45, 2.75) is 12.8 Å². The van der Waals surface area contributed by atoms with Gasteiger partial charge in [-0.05, 0) is 47.4 Å². The van der Waals surface area contributed by atoms with Crippen LogP contribution in [0.25, 0.3) is 12.2 Å². The largest absolute Gasteiger partial charge is 0.493 e. The average molecular weight is 359 g/mol. The summed E-state index contributed by atoms with van der Waals surface area (Å²) in [5, 5.41) is 0. The van der Waals surface area contributed by atoms with Crippen molar-refractivity contribution in [1.82, 2.24) is 4.98 Å². The van der Waals surface area contributed by atoms with Crippen LogP contribution in [-0.2, 0) is 11.2 Å². The van der Waals surface area contributed by atoms with E-state index in [0.29, 0.717) is 24.3 Å². The second-order valence-corrected chi connectivity index (χ2v) is 5.98. The third kappa shape index (κ3) is 5.54. The van der Waals surface area contributed by atoms with Gasteiger partial charge in [0.25, 0.3) is 0 Å². The highest BCUT2D eigenvalue weighted by molar-refractivity contribution is 5.75. The zero-order valence-corrected chi connectivity index (χ0v) is 15.2. The lowest BCUT2D eigenvalue weighted by molar-refractivity contribution is -0.134. The Labute approximate surface area is 159 Å². The number of pyridine rings is 1. The standard InChI is InChI=1S/C23H21NO3/c1-26-22-17-20(8-7-19-13-15-24-16-14-19)9-11-21(22)27-23(25)12-10-18-5-3-2-4-6-18/h2-9,11,13-17H,10,12H2,1H3/b8-7+. The molecule has 0 radical (unpaired) electrons. The number of rotatable bonds is 7. The molecule has 0 spiro atoms. The molecule has 0 unspecified atom stereocenters. The molecular weight excluding hydrogens is 338 g/mol. The van der Waals surface area contributed by atoms with Gasteiger partial charge in [0, 0.05) is 18.8 Å². The molecule has 4 nitrogen and oxygen atoms in total. The predicted octanol–water partition coefficient (Wildman–Crippen LogP) is 4.80. The number of nitrogens with zero attached hydrogens (tertiary/aromatic N) is 1. The van der Waals surface area contributed by atoms with E-state index in [-0.39, 0.29) is 5.97 Å². The van der Waals surface area contributed by atoms with Crippen molar-refractivity contribution in [1.29, 1.82) is 0 Å². The predicted molar refractivity (Wildman–Crippen MR) is 107 cm³/mol. The third-order valence-corrected chi connectivity index (χ3v) is 4.05. The van der Waals surface area contributed by atoms with E-state index in [1.807, 2.05) is 66.7 Å². The second-order valence-electron chi connectivity index (χ2n) is 5.98. The van der Waals surface area contributed by atoms with Gasteiger partial charge in [0.05, 0.1) is 7.11 Å². The molecule has 3 aromatic rings. The number of hydrogen-bond donors (Lipinski definition) is 0. The fourth-order valence-corrected chi connectivity index (χ4v) is 2.60. The number of aromatic nitrogens is 1. The average Bonchev–Trinajstić information content (AvgIpc) is 2.73. The normalized spacial score (nSPS) is 10.7. The van der Waals surface area contributed by atoms with E-state index < -0.39 is 0 Å². The molecule has 0 fully saturated rings. The number of esters is 1. The van der Waals surface area contributed by atoms with Crippen LogP contribution >= 0.6 is 0 Å². The highest BCUT2D eigenvalue weighted by Crippen LogP contribution is 2.29. The Morgan fingerprint density at radius 1 is 0.926 bits per heavy atom. The van der Waals surface area contributed by atoms with E-state index in [1.54, 1.807) is 25.6 Å². The van der Waals surface area contributed by atoms with E-state index in [2.05, 4.69) is 4.98 Å². The van der Waals surface area contributed by atoms with Gasteiger partial charge in [-0.3, -0.25) is 9.78 Å². The topological polar surface area (TPSA) is 48.4 Å². The van der Waals surface area contributed by atoms with Gasteiger partial charge in [0.2, 0.25) is 0 Å². The first-order valence-corrected chi connectivity index (χ1v) is 8.75. The van der Waals surface area contributed by atoms with Crippen molar-refractivity contribution in [3.05, 3.63) is 89.7 Å². The Balaban J connectivity index is 1.63. The summed E-state index contributed by atoms with van der Waals surface area (Å²) in [6.45, 7) is 0. The van der Waals surface area contributed by atoms with Crippen LogP contribution in [0.2, 0.25) is 0 Å². The van der Waals surface area contributed by atoms with E-state index >= 15 is 0 Å². The van der Waals surface area contributed by atoms with Crippen LogP contribution in [0.4, 0.5) is 0 Å². The quantitative estimate of drug-likeness (QED) is 0.449. The first-order valence-electron chi connectivity index (χ1n) is 8.75. The number of benzene rings is 2. The molecule has 0 N–H and O–H groups in total. The molecule has 0 aliphatic heterocycles. The third-order valence-electron chi connectivity index (χ3n) is 4.05. The Morgan fingerprint density at radius 2 is 1.67 bits per heavy atom. The van der Waals surface area contributed by atoms with Gasteiger partial charge in [-0.1, -0.05) is 48.6 Å². The Kier molecular flexibility index (Phi) is 6.36. The molecule has 1 aromatic heterocycles. The van der Waals surface area contributed by atoms with Crippen molar-refractivity contribution in [3.8, 4) is 11.5 Å². The lowest BCUT2D eigenvalue weighted by atomic mass is 10.1. The molecule has 2 aromatic carbocycles. The van der Waals surface area contributed by atoms with Crippen LogP contribution < -0.4 is 9.47 Å². The zero-order chi connectivity index (χ0) is 18.9. The summed E-state index contributed by atoms with van der Waals surface area (Å²) in [6.07, 6.45) is 8.42. The molecule has 0 aliphatic carbocycles. The molecule has 0 saturated carbocycles. The smallest absolute Gasteiger partial charge is 0.311 e. The van der Waals surface area contributed by atoms with Gasteiger partial charge in [0.1, 0.15) is 0 Å². The maximum atomic E-state index is 12.2. The Bertz CT molecular complexity index is 905. The van der Waals surface area contributed by atoms with Gasteiger partial charge in [0.15, 0.2) is 11.5 Å². The van der Waals surface area contributed by atoms with Gasteiger partial charge in [-0.15, -0.1) is 0 Å². The number of carbonyl (C=O) groups excluding carboxylic acids is 1. The highest BCUT2D eigenvalue weighted by atomic mass is 16.6. The van der Waals surface area contributed by atoms with Crippen LogP contribution in [0, 0.1) is 0 Å². The molecule has 0 aliphatic rings.